The van der Waals surface area contributed by atoms with Crippen molar-refractivity contribution in [3.8, 4) is 11.1 Å². The molecule has 6 nitrogen and oxygen atoms in total. The number of aliphatic carboxylic acids is 1. The average molecular weight is 397 g/mol. The first-order chi connectivity index (χ1) is 14.0. The first kappa shape index (κ1) is 20.9. The number of hydrogen-bond acceptors (Lipinski definition) is 4. The van der Waals surface area contributed by atoms with Crippen LogP contribution in [0.25, 0.3) is 11.1 Å². The van der Waals surface area contributed by atoms with Gasteiger partial charge in [-0.05, 0) is 28.7 Å². The van der Waals surface area contributed by atoms with Crippen molar-refractivity contribution in [3.05, 3.63) is 59.7 Å². The number of amides is 1. The number of carboxylic acid groups (broad SMARTS) is 1. The third-order valence-electron chi connectivity index (χ3n) is 5.37. The quantitative estimate of drug-likeness (QED) is 0.558. The molecule has 1 aliphatic rings. The maximum Gasteiger partial charge on any atom is 0.407 e. The van der Waals surface area contributed by atoms with Crippen LogP contribution in [0.3, 0.4) is 0 Å². The Morgan fingerprint density at radius 1 is 1.03 bits per heavy atom. The first-order valence-electron chi connectivity index (χ1n) is 10.0. The summed E-state index contributed by atoms with van der Waals surface area (Å²) in [6, 6.07) is 14.6. The second-order valence-electron chi connectivity index (χ2n) is 7.35. The molecular weight excluding hydrogens is 370 g/mol. The molecule has 0 saturated heterocycles. The summed E-state index contributed by atoms with van der Waals surface area (Å²) in [5, 5.41) is 21.8. The Kier molecular flexibility index (Phi) is 6.88. The Bertz CT molecular complexity index is 820. The maximum atomic E-state index is 12.3. The van der Waals surface area contributed by atoms with Gasteiger partial charge in [0.2, 0.25) is 0 Å². The molecule has 0 aliphatic heterocycles. The molecule has 0 spiro atoms. The van der Waals surface area contributed by atoms with Crippen LogP contribution in [0, 0.1) is 0 Å². The molecule has 2 aromatic rings. The number of hydrogen-bond donors (Lipinski definition) is 3. The van der Waals surface area contributed by atoms with Gasteiger partial charge in [0.15, 0.2) is 6.04 Å². The lowest BCUT2D eigenvalue weighted by Crippen LogP contribution is -2.49. The minimum atomic E-state index is -1.39. The molecule has 0 saturated carbocycles. The molecule has 6 heteroatoms. The molecule has 1 aliphatic carbocycles. The highest BCUT2D eigenvalue weighted by Crippen LogP contribution is 2.44. The van der Waals surface area contributed by atoms with E-state index in [0.29, 0.717) is 12.8 Å². The van der Waals surface area contributed by atoms with Gasteiger partial charge in [0.25, 0.3) is 0 Å². The number of aliphatic hydroxyl groups is 1. The van der Waals surface area contributed by atoms with E-state index in [0.717, 1.165) is 35.1 Å². The molecule has 3 N–H and O–H groups in total. The number of fused-ring (bicyclic) bond motifs is 3. The van der Waals surface area contributed by atoms with Crippen LogP contribution in [-0.4, -0.2) is 41.0 Å². The second-order valence-corrected chi connectivity index (χ2v) is 7.35. The van der Waals surface area contributed by atoms with Gasteiger partial charge in [-0.15, -0.1) is 0 Å². The van der Waals surface area contributed by atoms with Gasteiger partial charge in [-0.3, -0.25) is 0 Å². The Balaban J connectivity index is 1.63. The zero-order chi connectivity index (χ0) is 20.8. The highest BCUT2D eigenvalue weighted by molar-refractivity contribution is 5.81. The van der Waals surface area contributed by atoms with E-state index < -0.39 is 24.2 Å². The largest absolute Gasteiger partial charge is 0.480 e. The van der Waals surface area contributed by atoms with Crippen molar-refractivity contribution in [3.63, 3.8) is 0 Å². The first-order valence-corrected chi connectivity index (χ1v) is 10.0. The van der Waals surface area contributed by atoms with E-state index in [-0.39, 0.29) is 12.5 Å². The van der Waals surface area contributed by atoms with Crippen molar-refractivity contribution in [2.75, 3.05) is 6.61 Å². The number of carbonyl (C=O) groups excluding carboxylic acids is 1. The van der Waals surface area contributed by atoms with Gasteiger partial charge >= 0.3 is 12.1 Å². The van der Waals surface area contributed by atoms with Crippen molar-refractivity contribution >= 4 is 12.1 Å². The molecular formula is C23H27NO5. The standard InChI is InChI=1S/C23H27NO5/c1-2-3-4-13-20(25)21(22(26)27)24-23(28)29-14-19-17-11-7-5-9-15(17)16-10-6-8-12-18(16)19/h5-12,19-21,25H,2-4,13-14H2,1H3,(H,24,28)(H,26,27)/t20-,21+/m1/s1. The smallest absolute Gasteiger partial charge is 0.407 e. The van der Waals surface area contributed by atoms with Crippen molar-refractivity contribution in [1.82, 2.24) is 5.32 Å². The van der Waals surface area contributed by atoms with Gasteiger partial charge in [0, 0.05) is 5.92 Å². The molecule has 0 radical (unpaired) electrons. The predicted octanol–water partition coefficient (Wildman–Crippen LogP) is 3.92. The lowest BCUT2D eigenvalue weighted by Gasteiger charge is -2.21. The number of nitrogens with one attached hydrogen (secondary N) is 1. The second kappa shape index (κ2) is 9.56. The normalized spacial score (nSPS) is 14.6. The van der Waals surface area contributed by atoms with Crippen molar-refractivity contribution < 1.29 is 24.5 Å². The van der Waals surface area contributed by atoms with Crippen molar-refractivity contribution in [1.29, 1.82) is 0 Å². The van der Waals surface area contributed by atoms with Crippen LogP contribution in [0.4, 0.5) is 4.79 Å². The molecule has 0 unspecified atom stereocenters. The number of carboxylic acids is 1. The summed E-state index contributed by atoms with van der Waals surface area (Å²) in [6.07, 6.45) is 0.884. The third kappa shape index (κ3) is 4.77. The number of unbranched alkanes of at least 4 members (excludes halogenated alkanes) is 2. The molecule has 154 valence electrons. The summed E-state index contributed by atoms with van der Waals surface area (Å²) < 4.78 is 5.37. The molecule has 3 rings (SSSR count). The summed E-state index contributed by atoms with van der Waals surface area (Å²) in [5.74, 6) is -1.38. The number of aliphatic hydroxyl groups excluding tert-OH is 1. The molecule has 0 bridgehead atoms. The van der Waals surface area contributed by atoms with Crippen LogP contribution in [-0.2, 0) is 9.53 Å². The summed E-state index contributed by atoms with van der Waals surface area (Å²) in [4.78, 5) is 23.7. The van der Waals surface area contributed by atoms with Crippen LogP contribution >= 0.6 is 0 Å². The topological polar surface area (TPSA) is 95.9 Å². The summed E-state index contributed by atoms with van der Waals surface area (Å²) in [5.41, 5.74) is 4.39. The van der Waals surface area contributed by atoms with E-state index in [2.05, 4.69) is 5.32 Å². The van der Waals surface area contributed by atoms with Crippen LogP contribution in [0.5, 0.6) is 0 Å². The molecule has 0 fully saturated rings. The van der Waals surface area contributed by atoms with Gasteiger partial charge in [0.1, 0.15) is 6.61 Å². The van der Waals surface area contributed by atoms with Crippen molar-refractivity contribution in [2.24, 2.45) is 0 Å². The van der Waals surface area contributed by atoms with Crippen LogP contribution in [0.1, 0.15) is 49.7 Å². The fourth-order valence-corrected chi connectivity index (χ4v) is 3.86. The van der Waals surface area contributed by atoms with Gasteiger partial charge in [0.05, 0.1) is 6.10 Å². The van der Waals surface area contributed by atoms with Gasteiger partial charge in [-0.25, -0.2) is 9.59 Å². The van der Waals surface area contributed by atoms with Crippen molar-refractivity contribution in [2.45, 2.75) is 50.7 Å². The van der Waals surface area contributed by atoms with Gasteiger partial charge in [-0.2, -0.15) is 0 Å². The number of carbonyl (C=O) groups is 2. The Labute approximate surface area is 170 Å². The number of benzene rings is 2. The predicted molar refractivity (Wildman–Crippen MR) is 110 cm³/mol. The number of ether oxygens (including phenoxy) is 1. The van der Waals surface area contributed by atoms with E-state index in [1.807, 2.05) is 55.5 Å². The molecule has 1 amide bonds. The van der Waals surface area contributed by atoms with Crippen LogP contribution in [0.15, 0.2) is 48.5 Å². The molecule has 2 atom stereocenters. The zero-order valence-corrected chi connectivity index (χ0v) is 16.5. The number of rotatable bonds is 9. The average Bonchev–Trinajstić information content (AvgIpc) is 3.04. The Hall–Kier alpha value is -2.86. The monoisotopic (exact) mass is 397 g/mol. The van der Waals surface area contributed by atoms with Gasteiger partial charge in [-0.1, -0.05) is 74.7 Å². The molecule has 2 aromatic carbocycles. The van der Waals surface area contributed by atoms with E-state index >= 15 is 0 Å². The molecule has 0 heterocycles. The molecule has 29 heavy (non-hydrogen) atoms. The van der Waals surface area contributed by atoms with Crippen LogP contribution in [0.2, 0.25) is 0 Å². The molecule has 0 aromatic heterocycles. The number of alkyl carbamates (subject to hydrolysis) is 1. The van der Waals surface area contributed by atoms with Crippen LogP contribution < -0.4 is 5.32 Å². The SMILES string of the molecule is CCCCC[C@@H](O)[C@H](NC(=O)OCC1c2ccccc2-c2ccccc21)C(=O)O. The van der Waals surface area contributed by atoms with E-state index in [1.54, 1.807) is 0 Å². The fraction of sp³-hybridized carbons (Fsp3) is 0.391. The summed E-state index contributed by atoms with van der Waals surface area (Å²) >= 11 is 0. The lowest BCUT2D eigenvalue weighted by molar-refractivity contribution is -0.142. The highest BCUT2D eigenvalue weighted by Gasteiger charge is 2.31. The van der Waals surface area contributed by atoms with E-state index in [9.17, 15) is 19.8 Å². The fourth-order valence-electron chi connectivity index (χ4n) is 3.86. The summed E-state index contributed by atoms with van der Waals surface area (Å²) in [7, 11) is 0. The minimum absolute atomic E-state index is 0.0954. The maximum absolute atomic E-state index is 12.3. The lowest BCUT2D eigenvalue weighted by atomic mass is 9.98. The Morgan fingerprint density at radius 2 is 1.62 bits per heavy atom. The van der Waals surface area contributed by atoms with Gasteiger partial charge < -0.3 is 20.3 Å². The third-order valence-corrected chi connectivity index (χ3v) is 5.37. The van der Waals surface area contributed by atoms with E-state index in [1.165, 1.54) is 0 Å². The van der Waals surface area contributed by atoms with E-state index in [4.69, 9.17) is 4.74 Å². The minimum Gasteiger partial charge on any atom is -0.480 e. The summed E-state index contributed by atoms with van der Waals surface area (Å²) in [6.45, 7) is 2.12. The Morgan fingerprint density at radius 3 is 2.17 bits per heavy atom. The highest BCUT2D eigenvalue weighted by atomic mass is 16.5. The zero-order valence-electron chi connectivity index (χ0n) is 16.5.